The molecule has 0 saturated carbocycles. The highest BCUT2D eigenvalue weighted by Crippen LogP contribution is 2.31. The molecule has 8 nitrogen and oxygen atoms in total. The highest BCUT2D eigenvalue weighted by atomic mass is 32.1. The van der Waals surface area contributed by atoms with Crippen molar-refractivity contribution in [2.75, 3.05) is 25.5 Å². The van der Waals surface area contributed by atoms with E-state index >= 15 is 0 Å². The molecule has 0 unspecified atom stereocenters. The maximum atomic E-state index is 13.7. The molecule has 2 amide bonds. The van der Waals surface area contributed by atoms with Crippen LogP contribution in [0.15, 0.2) is 47.0 Å². The SMILES string of the molecule is CCCN(CC(=O)Nc1ccccc1OC)C(=O)c1cc(-c2ccc(C)s2)nc2onc(C)c12. The molecule has 34 heavy (non-hydrogen) atoms. The number of benzene rings is 1. The van der Waals surface area contributed by atoms with Crippen LogP contribution < -0.4 is 10.1 Å². The number of methoxy groups -OCH3 is 1. The number of thiophene rings is 1. The third-order valence-electron chi connectivity index (χ3n) is 5.34. The fourth-order valence-electron chi connectivity index (χ4n) is 3.77. The summed E-state index contributed by atoms with van der Waals surface area (Å²) < 4.78 is 10.7. The number of nitrogens with one attached hydrogen (secondary N) is 1. The van der Waals surface area contributed by atoms with E-state index in [1.165, 1.54) is 4.90 Å². The highest BCUT2D eigenvalue weighted by Gasteiger charge is 2.25. The van der Waals surface area contributed by atoms with E-state index in [0.717, 1.165) is 9.75 Å². The Morgan fingerprint density at radius 1 is 1.18 bits per heavy atom. The summed E-state index contributed by atoms with van der Waals surface area (Å²) in [6.07, 6.45) is 0.696. The Labute approximate surface area is 201 Å². The summed E-state index contributed by atoms with van der Waals surface area (Å²) in [6, 6.07) is 12.9. The quantitative estimate of drug-likeness (QED) is 0.380. The number of para-hydroxylation sites is 2. The van der Waals surface area contributed by atoms with Crippen molar-refractivity contribution in [3.8, 4) is 16.3 Å². The van der Waals surface area contributed by atoms with Crippen LogP contribution in [0.5, 0.6) is 5.75 Å². The molecule has 1 aromatic carbocycles. The first-order valence-corrected chi connectivity index (χ1v) is 11.8. The lowest BCUT2D eigenvalue weighted by Crippen LogP contribution is -2.38. The largest absolute Gasteiger partial charge is 0.495 e. The van der Waals surface area contributed by atoms with Gasteiger partial charge in [0.1, 0.15) is 12.3 Å². The third kappa shape index (κ3) is 4.79. The molecule has 4 rings (SSSR count). The van der Waals surface area contributed by atoms with Gasteiger partial charge in [0.25, 0.3) is 11.6 Å². The molecule has 0 radical (unpaired) electrons. The number of rotatable bonds is 8. The normalized spacial score (nSPS) is 10.9. The number of hydrogen-bond acceptors (Lipinski definition) is 7. The van der Waals surface area contributed by atoms with E-state index in [0.29, 0.717) is 52.5 Å². The van der Waals surface area contributed by atoms with Crippen LogP contribution in [-0.4, -0.2) is 47.1 Å². The van der Waals surface area contributed by atoms with Gasteiger partial charge in [-0.25, -0.2) is 4.98 Å². The van der Waals surface area contributed by atoms with Gasteiger partial charge < -0.3 is 19.5 Å². The van der Waals surface area contributed by atoms with E-state index in [1.54, 1.807) is 43.6 Å². The molecule has 0 spiro atoms. The monoisotopic (exact) mass is 478 g/mol. The zero-order chi connectivity index (χ0) is 24.2. The maximum absolute atomic E-state index is 13.7. The third-order valence-corrected chi connectivity index (χ3v) is 6.36. The lowest BCUT2D eigenvalue weighted by Gasteiger charge is -2.22. The van der Waals surface area contributed by atoms with Crippen LogP contribution in [0.3, 0.4) is 0 Å². The summed E-state index contributed by atoms with van der Waals surface area (Å²) in [7, 11) is 1.54. The topological polar surface area (TPSA) is 97.6 Å². The van der Waals surface area contributed by atoms with Gasteiger partial charge in [-0.15, -0.1) is 11.3 Å². The van der Waals surface area contributed by atoms with Crippen LogP contribution in [0.1, 0.15) is 34.3 Å². The van der Waals surface area contributed by atoms with Crippen LogP contribution in [0.4, 0.5) is 5.69 Å². The number of carbonyl (C=O) groups is 2. The first-order valence-electron chi connectivity index (χ1n) is 11.0. The number of fused-ring (bicyclic) bond motifs is 1. The van der Waals surface area contributed by atoms with Crippen molar-refractivity contribution < 1.29 is 18.8 Å². The van der Waals surface area contributed by atoms with Crippen molar-refractivity contribution in [1.82, 2.24) is 15.0 Å². The number of carbonyl (C=O) groups excluding carboxylic acids is 2. The van der Waals surface area contributed by atoms with Crippen LogP contribution in [0.2, 0.25) is 0 Å². The second kappa shape index (κ2) is 10.0. The Morgan fingerprint density at radius 3 is 2.68 bits per heavy atom. The second-order valence-corrected chi connectivity index (χ2v) is 9.18. The number of hydrogen-bond donors (Lipinski definition) is 1. The zero-order valence-corrected chi connectivity index (χ0v) is 20.4. The molecule has 9 heteroatoms. The second-order valence-electron chi connectivity index (χ2n) is 7.89. The molecule has 0 aliphatic heterocycles. The van der Waals surface area contributed by atoms with Crippen LogP contribution in [0, 0.1) is 13.8 Å². The molecular weight excluding hydrogens is 452 g/mol. The molecule has 176 valence electrons. The molecule has 3 aromatic heterocycles. The summed E-state index contributed by atoms with van der Waals surface area (Å²) in [4.78, 5) is 34.8. The Morgan fingerprint density at radius 2 is 1.97 bits per heavy atom. The standard InChI is InChI=1S/C25H26N4O4S/c1-5-12-29(14-22(30)26-18-8-6-7-9-20(18)32-4)25(31)17-13-19(21-11-10-15(2)34-21)27-24-23(17)16(3)28-33-24/h6-11,13H,5,12,14H2,1-4H3,(H,26,30). The van der Waals surface area contributed by atoms with Crippen molar-refractivity contribution in [2.24, 2.45) is 0 Å². The number of pyridine rings is 1. The number of anilines is 1. The molecule has 0 aliphatic rings. The fourth-order valence-corrected chi connectivity index (χ4v) is 4.59. The first-order chi connectivity index (χ1) is 16.4. The molecule has 0 saturated heterocycles. The van der Waals surface area contributed by atoms with Gasteiger partial charge in [0.2, 0.25) is 5.91 Å². The lowest BCUT2D eigenvalue weighted by molar-refractivity contribution is -0.116. The average molecular weight is 479 g/mol. The Kier molecular flexibility index (Phi) is 6.93. The van der Waals surface area contributed by atoms with E-state index < -0.39 is 0 Å². The molecule has 1 N–H and O–H groups in total. The average Bonchev–Trinajstić information content (AvgIpc) is 3.43. The smallest absolute Gasteiger partial charge is 0.259 e. The summed E-state index contributed by atoms with van der Waals surface area (Å²) in [5, 5.41) is 7.43. The fraction of sp³-hybridized carbons (Fsp3) is 0.280. The summed E-state index contributed by atoms with van der Waals surface area (Å²) in [5.41, 5.74) is 2.49. The number of aromatic nitrogens is 2. The van der Waals surface area contributed by atoms with Crippen LogP contribution >= 0.6 is 11.3 Å². The number of amides is 2. The van der Waals surface area contributed by atoms with Gasteiger partial charge in [0.05, 0.1) is 40.0 Å². The van der Waals surface area contributed by atoms with Crippen molar-refractivity contribution in [1.29, 1.82) is 0 Å². The van der Waals surface area contributed by atoms with Gasteiger partial charge in [0.15, 0.2) is 0 Å². The van der Waals surface area contributed by atoms with E-state index in [9.17, 15) is 9.59 Å². The molecular formula is C25H26N4O4S. The van der Waals surface area contributed by atoms with Gasteiger partial charge in [-0.3, -0.25) is 9.59 Å². The predicted molar refractivity (Wildman–Crippen MR) is 132 cm³/mol. The number of ether oxygens (including phenoxy) is 1. The molecule has 3 heterocycles. The maximum Gasteiger partial charge on any atom is 0.259 e. The van der Waals surface area contributed by atoms with Gasteiger partial charge >= 0.3 is 0 Å². The highest BCUT2D eigenvalue weighted by molar-refractivity contribution is 7.15. The summed E-state index contributed by atoms with van der Waals surface area (Å²) in [5.74, 6) is -0.0333. The Balaban J connectivity index is 1.66. The minimum absolute atomic E-state index is 0.105. The molecule has 0 bridgehead atoms. The van der Waals surface area contributed by atoms with E-state index in [-0.39, 0.29) is 18.4 Å². The van der Waals surface area contributed by atoms with Crippen molar-refractivity contribution in [3.05, 3.63) is 58.6 Å². The predicted octanol–water partition coefficient (Wildman–Crippen LogP) is 5.07. The number of aryl methyl sites for hydroxylation is 2. The first kappa shape index (κ1) is 23.4. The van der Waals surface area contributed by atoms with E-state index in [1.807, 2.05) is 38.1 Å². The zero-order valence-electron chi connectivity index (χ0n) is 19.5. The van der Waals surface area contributed by atoms with Crippen LogP contribution in [0.25, 0.3) is 21.7 Å². The molecule has 4 aromatic rings. The van der Waals surface area contributed by atoms with E-state index in [4.69, 9.17) is 9.26 Å². The van der Waals surface area contributed by atoms with Crippen LogP contribution in [-0.2, 0) is 4.79 Å². The molecule has 0 atom stereocenters. The van der Waals surface area contributed by atoms with Crippen molar-refractivity contribution in [2.45, 2.75) is 27.2 Å². The molecule has 0 fully saturated rings. The number of nitrogens with zero attached hydrogens (tertiary/aromatic N) is 3. The molecule has 0 aliphatic carbocycles. The Bertz CT molecular complexity index is 1340. The van der Waals surface area contributed by atoms with Gasteiger partial charge in [-0.05, 0) is 50.6 Å². The minimum Gasteiger partial charge on any atom is -0.495 e. The van der Waals surface area contributed by atoms with Gasteiger partial charge in [-0.2, -0.15) is 0 Å². The lowest BCUT2D eigenvalue weighted by atomic mass is 10.1. The van der Waals surface area contributed by atoms with Gasteiger partial charge in [0, 0.05) is 11.4 Å². The van der Waals surface area contributed by atoms with Gasteiger partial charge in [-0.1, -0.05) is 24.2 Å². The Hall–Kier alpha value is -3.72. The summed E-state index contributed by atoms with van der Waals surface area (Å²) >= 11 is 1.59. The summed E-state index contributed by atoms with van der Waals surface area (Å²) in [6.45, 7) is 6.07. The minimum atomic E-state index is -0.312. The van der Waals surface area contributed by atoms with E-state index in [2.05, 4.69) is 15.5 Å². The van der Waals surface area contributed by atoms with Crippen molar-refractivity contribution >= 4 is 39.9 Å². The van der Waals surface area contributed by atoms with Crippen molar-refractivity contribution in [3.63, 3.8) is 0 Å².